The number of carbonyl (C=O) groups is 3. The van der Waals surface area contributed by atoms with Crippen molar-refractivity contribution in [3.05, 3.63) is 72.9 Å². The molecule has 0 saturated heterocycles. The van der Waals surface area contributed by atoms with Gasteiger partial charge in [0.15, 0.2) is 6.10 Å². The third kappa shape index (κ3) is 65.5. The van der Waals surface area contributed by atoms with Crippen molar-refractivity contribution in [2.45, 2.75) is 361 Å². The summed E-state index contributed by atoms with van der Waals surface area (Å²) in [7, 11) is 0. The number of unbranched alkanes of at least 4 members (excludes halogenated alkanes) is 40. The molecule has 458 valence electrons. The smallest absolute Gasteiger partial charge is 0.306 e. The molecule has 0 aliphatic rings. The SMILES string of the molecule is CC/C=C\C/C=C\C/C=C\C/C=C\CCCCCCCCCCCCCCCCCCC(=O)OCC(COC(=O)CCCCCCC/C=C\CCCCCCCC)OC(=O)CCCCCCCCC/C=C\CCCCCCCC. The lowest BCUT2D eigenvalue weighted by atomic mass is 10.0. The van der Waals surface area contributed by atoms with Crippen LogP contribution in [0.3, 0.4) is 0 Å². The number of esters is 3. The zero-order chi connectivity index (χ0) is 57.1. The Morgan fingerprint density at radius 2 is 0.494 bits per heavy atom. The Labute approximate surface area is 491 Å². The van der Waals surface area contributed by atoms with Gasteiger partial charge in [-0.15, -0.1) is 0 Å². The number of allylic oxidation sites excluding steroid dienone is 12. The minimum Gasteiger partial charge on any atom is -0.462 e. The molecular formula is C73H130O6. The molecule has 6 heteroatoms. The highest BCUT2D eigenvalue weighted by Gasteiger charge is 2.19. The summed E-state index contributed by atoms with van der Waals surface area (Å²) in [6, 6.07) is 0. The minimum absolute atomic E-state index is 0.0761. The van der Waals surface area contributed by atoms with Crippen molar-refractivity contribution < 1.29 is 28.6 Å². The maximum atomic E-state index is 12.9. The normalized spacial score (nSPS) is 12.5. The van der Waals surface area contributed by atoms with Gasteiger partial charge in [-0.05, 0) is 109 Å². The molecule has 0 heterocycles. The lowest BCUT2D eigenvalue weighted by Crippen LogP contribution is -2.30. The second kappa shape index (κ2) is 67.4. The predicted molar refractivity (Wildman–Crippen MR) is 344 cm³/mol. The molecule has 0 bridgehead atoms. The van der Waals surface area contributed by atoms with E-state index in [1.807, 2.05) is 0 Å². The van der Waals surface area contributed by atoms with Crippen molar-refractivity contribution in [3.63, 3.8) is 0 Å². The zero-order valence-electron chi connectivity index (χ0n) is 52.6. The van der Waals surface area contributed by atoms with Crippen molar-refractivity contribution in [1.29, 1.82) is 0 Å². The summed E-state index contributed by atoms with van der Waals surface area (Å²) in [4.78, 5) is 38.4. The third-order valence-corrected chi connectivity index (χ3v) is 15.2. The second-order valence-corrected chi connectivity index (χ2v) is 23.1. The Hall–Kier alpha value is -3.15. The van der Waals surface area contributed by atoms with E-state index < -0.39 is 6.10 Å². The molecule has 0 aromatic rings. The molecule has 0 N–H and O–H groups in total. The quantitative estimate of drug-likeness (QED) is 0.0261. The van der Waals surface area contributed by atoms with Crippen molar-refractivity contribution in [3.8, 4) is 0 Å². The number of hydrogen-bond donors (Lipinski definition) is 0. The maximum absolute atomic E-state index is 12.9. The van der Waals surface area contributed by atoms with Gasteiger partial charge in [-0.25, -0.2) is 0 Å². The van der Waals surface area contributed by atoms with Crippen molar-refractivity contribution >= 4 is 17.9 Å². The fraction of sp³-hybridized carbons (Fsp3) is 0.795. The van der Waals surface area contributed by atoms with Gasteiger partial charge in [-0.3, -0.25) is 14.4 Å². The highest BCUT2D eigenvalue weighted by atomic mass is 16.6. The van der Waals surface area contributed by atoms with Gasteiger partial charge in [0, 0.05) is 19.3 Å². The molecule has 0 aromatic carbocycles. The average molecular weight is 1100 g/mol. The molecule has 0 spiro atoms. The highest BCUT2D eigenvalue weighted by Crippen LogP contribution is 2.17. The monoisotopic (exact) mass is 1100 g/mol. The first-order valence-electron chi connectivity index (χ1n) is 34.4. The summed E-state index contributed by atoms with van der Waals surface area (Å²) < 4.78 is 17.0. The van der Waals surface area contributed by atoms with Crippen LogP contribution in [0, 0.1) is 0 Å². The Kier molecular flexibility index (Phi) is 64.7. The van der Waals surface area contributed by atoms with E-state index in [0.717, 1.165) is 89.9 Å². The van der Waals surface area contributed by atoms with Gasteiger partial charge in [-0.1, -0.05) is 299 Å². The van der Waals surface area contributed by atoms with E-state index in [1.165, 1.54) is 225 Å². The third-order valence-electron chi connectivity index (χ3n) is 15.2. The van der Waals surface area contributed by atoms with Crippen molar-refractivity contribution in [2.75, 3.05) is 13.2 Å². The van der Waals surface area contributed by atoms with Crippen LogP contribution in [0.25, 0.3) is 0 Å². The van der Waals surface area contributed by atoms with Gasteiger partial charge in [0.2, 0.25) is 0 Å². The maximum Gasteiger partial charge on any atom is 0.306 e. The molecule has 0 rings (SSSR count). The van der Waals surface area contributed by atoms with E-state index in [9.17, 15) is 14.4 Å². The van der Waals surface area contributed by atoms with E-state index in [1.54, 1.807) is 0 Å². The molecule has 0 saturated carbocycles. The Morgan fingerprint density at radius 3 is 0.785 bits per heavy atom. The minimum atomic E-state index is -0.780. The van der Waals surface area contributed by atoms with Crippen LogP contribution in [-0.2, 0) is 28.6 Å². The van der Waals surface area contributed by atoms with Crippen LogP contribution in [-0.4, -0.2) is 37.2 Å². The van der Waals surface area contributed by atoms with Crippen LogP contribution in [0.15, 0.2) is 72.9 Å². The fourth-order valence-electron chi connectivity index (χ4n) is 10.0. The molecule has 0 aromatic heterocycles. The zero-order valence-corrected chi connectivity index (χ0v) is 52.6. The molecular weight excluding hydrogens is 973 g/mol. The lowest BCUT2D eigenvalue weighted by Gasteiger charge is -2.18. The van der Waals surface area contributed by atoms with Crippen LogP contribution in [0.1, 0.15) is 355 Å². The van der Waals surface area contributed by atoms with Gasteiger partial charge >= 0.3 is 17.9 Å². The van der Waals surface area contributed by atoms with Gasteiger partial charge in [-0.2, -0.15) is 0 Å². The molecule has 1 atom stereocenters. The lowest BCUT2D eigenvalue weighted by molar-refractivity contribution is -0.167. The number of rotatable bonds is 63. The van der Waals surface area contributed by atoms with E-state index in [-0.39, 0.29) is 31.1 Å². The van der Waals surface area contributed by atoms with Crippen LogP contribution < -0.4 is 0 Å². The summed E-state index contributed by atoms with van der Waals surface area (Å²) in [5.41, 5.74) is 0. The summed E-state index contributed by atoms with van der Waals surface area (Å²) >= 11 is 0. The molecule has 0 radical (unpaired) electrons. The van der Waals surface area contributed by atoms with Crippen LogP contribution in [0.5, 0.6) is 0 Å². The highest BCUT2D eigenvalue weighted by molar-refractivity contribution is 5.71. The fourth-order valence-corrected chi connectivity index (χ4v) is 10.0. The van der Waals surface area contributed by atoms with Crippen molar-refractivity contribution in [1.82, 2.24) is 0 Å². The van der Waals surface area contributed by atoms with E-state index in [2.05, 4.69) is 93.7 Å². The summed E-state index contributed by atoms with van der Waals surface area (Å²) in [5, 5.41) is 0. The number of hydrogen-bond acceptors (Lipinski definition) is 6. The first-order valence-corrected chi connectivity index (χ1v) is 34.4. The Balaban J connectivity index is 4.24. The summed E-state index contributed by atoms with van der Waals surface area (Å²) in [6.45, 7) is 6.56. The summed E-state index contributed by atoms with van der Waals surface area (Å²) in [5.74, 6) is -0.869. The van der Waals surface area contributed by atoms with Crippen molar-refractivity contribution in [2.24, 2.45) is 0 Å². The van der Waals surface area contributed by atoms with Gasteiger partial charge in [0.25, 0.3) is 0 Å². The largest absolute Gasteiger partial charge is 0.462 e. The standard InChI is InChI=1S/C73H130O6/c1-4-7-10-13-16-19-22-25-28-30-31-32-33-34-35-36-37-38-39-40-41-43-45-48-51-54-57-60-63-66-72(75)78-69-70(68-77-71(74)65-62-59-56-53-50-47-44-27-24-21-18-15-12-9-6-3)79-73(76)67-64-61-58-55-52-49-46-42-29-26-23-20-17-14-11-8-5-2/h7,10,16,19,25-29,31-32,44,70H,4-6,8-9,11-15,17-18,20-24,30,33-43,45-69H2,1-3H3/b10-7-,19-16-,28-25-,29-26-,32-31-,44-27-. The Bertz CT molecular complexity index is 1450. The van der Waals surface area contributed by atoms with Crippen LogP contribution in [0.2, 0.25) is 0 Å². The average Bonchev–Trinajstić information content (AvgIpc) is 3.45. The first kappa shape index (κ1) is 75.8. The molecule has 1 unspecified atom stereocenters. The van der Waals surface area contributed by atoms with Crippen LogP contribution >= 0.6 is 0 Å². The van der Waals surface area contributed by atoms with E-state index >= 15 is 0 Å². The second-order valence-electron chi connectivity index (χ2n) is 23.1. The molecule has 6 nitrogen and oxygen atoms in total. The van der Waals surface area contributed by atoms with Gasteiger partial charge in [0.05, 0.1) is 0 Å². The van der Waals surface area contributed by atoms with Gasteiger partial charge in [0.1, 0.15) is 13.2 Å². The number of ether oxygens (including phenoxy) is 3. The van der Waals surface area contributed by atoms with Gasteiger partial charge < -0.3 is 14.2 Å². The molecule has 79 heavy (non-hydrogen) atoms. The topological polar surface area (TPSA) is 78.9 Å². The Morgan fingerprint density at radius 1 is 0.266 bits per heavy atom. The first-order chi connectivity index (χ1) is 39.0. The summed E-state index contributed by atoms with van der Waals surface area (Å²) in [6.07, 6.45) is 87.8. The van der Waals surface area contributed by atoms with Crippen LogP contribution in [0.4, 0.5) is 0 Å². The number of carbonyl (C=O) groups excluding carboxylic acids is 3. The molecule has 0 fully saturated rings. The van der Waals surface area contributed by atoms with E-state index in [0.29, 0.717) is 19.3 Å². The molecule has 0 aliphatic carbocycles. The van der Waals surface area contributed by atoms with E-state index in [4.69, 9.17) is 14.2 Å². The predicted octanol–water partition coefficient (Wildman–Crippen LogP) is 23.7. The molecule has 0 aliphatic heterocycles. The molecule has 0 amide bonds.